The summed E-state index contributed by atoms with van der Waals surface area (Å²) in [4.78, 5) is 37.7. The molecule has 0 saturated carbocycles. The number of nitrogens with zero attached hydrogens (tertiary/aromatic N) is 1. The second-order valence-corrected chi connectivity index (χ2v) is 6.74. The van der Waals surface area contributed by atoms with Crippen LogP contribution < -0.4 is 14.8 Å². The number of esters is 1. The highest BCUT2D eigenvalue weighted by Gasteiger charge is 2.24. The molecule has 1 aliphatic heterocycles. The summed E-state index contributed by atoms with van der Waals surface area (Å²) in [5.41, 5.74) is 0.456. The van der Waals surface area contributed by atoms with Gasteiger partial charge in [0.1, 0.15) is 11.5 Å². The lowest BCUT2D eigenvalue weighted by Crippen LogP contribution is -2.43. The average molecular weight is 392 g/mol. The third-order valence-corrected chi connectivity index (χ3v) is 4.81. The zero-order valence-corrected chi connectivity index (χ0v) is 16.7. The summed E-state index contributed by atoms with van der Waals surface area (Å²) in [6, 6.07) is 5.01. The minimum atomic E-state index is -0.386. The van der Waals surface area contributed by atoms with Crippen molar-refractivity contribution in [2.45, 2.75) is 25.7 Å². The molecule has 0 unspecified atom stereocenters. The predicted molar refractivity (Wildman–Crippen MR) is 102 cm³/mol. The van der Waals surface area contributed by atoms with Crippen molar-refractivity contribution in [2.75, 3.05) is 41.0 Å². The van der Waals surface area contributed by atoms with Gasteiger partial charge in [-0.05, 0) is 30.9 Å². The Morgan fingerprint density at radius 2 is 1.75 bits per heavy atom. The number of rotatable bonds is 8. The largest absolute Gasteiger partial charge is 0.497 e. The minimum absolute atomic E-state index is 0.0565. The molecule has 0 aliphatic carbocycles. The maximum atomic E-state index is 12.5. The molecule has 1 N–H and O–H groups in total. The fourth-order valence-corrected chi connectivity index (χ4v) is 3.21. The van der Waals surface area contributed by atoms with Crippen molar-refractivity contribution in [3.05, 3.63) is 23.8 Å². The van der Waals surface area contributed by atoms with E-state index in [2.05, 4.69) is 10.1 Å². The molecule has 2 rings (SSSR count). The van der Waals surface area contributed by atoms with E-state index < -0.39 is 0 Å². The summed E-state index contributed by atoms with van der Waals surface area (Å²) in [5, 5.41) is 2.93. The lowest BCUT2D eigenvalue weighted by Gasteiger charge is -2.33. The lowest BCUT2D eigenvalue weighted by atomic mass is 9.97. The molecule has 0 bridgehead atoms. The number of hydrogen-bond donors (Lipinski definition) is 1. The molecule has 0 aromatic heterocycles. The van der Waals surface area contributed by atoms with Crippen LogP contribution in [0.4, 0.5) is 0 Å². The van der Waals surface area contributed by atoms with E-state index in [1.165, 1.54) is 21.3 Å². The van der Waals surface area contributed by atoms with Gasteiger partial charge in [-0.1, -0.05) is 0 Å². The van der Waals surface area contributed by atoms with Crippen LogP contribution in [0.25, 0.3) is 0 Å². The maximum Gasteiger partial charge on any atom is 0.306 e. The van der Waals surface area contributed by atoms with Gasteiger partial charge in [0, 0.05) is 37.7 Å². The van der Waals surface area contributed by atoms with Gasteiger partial charge in [0.05, 0.1) is 27.8 Å². The van der Waals surface area contributed by atoms with Gasteiger partial charge in [0.15, 0.2) is 0 Å². The highest BCUT2D eigenvalue weighted by Crippen LogP contribution is 2.23. The highest BCUT2D eigenvalue weighted by molar-refractivity contribution is 5.95. The molecule has 1 aromatic rings. The molecule has 2 amide bonds. The van der Waals surface area contributed by atoms with E-state index in [4.69, 9.17) is 9.47 Å². The van der Waals surface area contributed by atoms with Gasteiger partial charge in [0.2, 0.25) is 5.91 Å². The number of likely N-dealkylation sites (tertiary alicyclic amines) is 1. The Labute approximate surface area is 165 Å². The Morgan fingerprint density at radius 3 is 2.36 bits per heavy atom. The van der Waals surface area contributed by atoms with Crippen LogP contribution in [-0.4, -0.2) is 63.6 Å². The molecule has 1 atom stereocenters. The molecule has 28 heavy (non-hydrogen) atoms. The highest BCUT2D eigenvalue weighted by atomic mass is 16.5. The molecule has 0 radical (unpaired) electrons. The van der Waals surface area contributed by atoms with Crippen LogP contribution in [0.5, 0.6) is 11.5 Å². The van der Waals surface area contributed by atoms with Gasteiger partial charge in [-0.3, -0.25) is 14.4 Å². The van der Waals surface area contributed by atoms with Gasteiger partial charge >= 0.3 is 5.97 Å². The summed E-state index contributed by atoms with van der Waals surface area (Å²) in [7, 11) is 4.37. The predicted octanol–water partition coefficient (Wildman–Crippen LogP) is 1.63. The SMILES string of the molecule is COC(=O)CCC(=O)N1CCC[C@@H](CNC(=O)c2cc(OC)cc(OC)c2)C1. The van der Waals surface area contributed by atoms with E-state index in [-0.39, 0.29) is 36.5 Å². The topological polar surface area (TPSA) is 94.2 Å². The Balaban J connectivity index is 1.87. The van der Waals surface area contributed by atoms with E-state index in [1.54, 1.807) is 23.1 Å². The first-order chi connectivity index (χ1) is 13.5. The number of carbonyl (C=O) groups excluding carboxylic acids is 3. The Bertz CT molecular complexity index is 684. The van der Waals surface area contributed by atoms with Gasteiger partial charge < -0.3 is 24.4 Å². The van der Waals surface area contributed by atoms with E-state index in [0.29, 0.717) is 36.7 Å². The van der Waals surface area contributed by atoms with Crippen molar-refractivity contribution in [3.63, 3.8) is 0 Å². The summed E-state index contributed by atoms with van der Waals surface area (Å²) >= 11 is 0. The number of hydrogen-bond acceptors (Lipinski definition) is 6. The number of nitrogens with one attached hydrogen (secondary N) is 1. The number of ether oxygens (including phenoxy) is 3. The van der Waals surface area contributed by atoms with Gasteiger partial charge in [0.25, 0.3) is 5.91 Å². The Hall–Kier alpha value is -2.77. The molecule has 154 valence electrons. The zero-order valence-electron chi connectivity index (χ0n) is 16.7. The van der Waals surface area contributed by atoms with Crippen LogP contribution >= 0.6 is 0 Å². The van der Waals surface area contributed by atoms with Crippen LogP contribution in [0.2, 0.25) is 0 Å². The first kappa shape index (κ1) is 21.5. The number of methoxy groups -OCH3 is 3. The normalized spacial score (nSPS) is 16.2. The summed E-state index contributed by atoms with van der Waals surface area (Å²) in [6.45, 7) is 1.72. The third-order valence-electron chi connectivity index (χ3n) is 4.81. The Kier molecular flexibility index (Phi) is 8.10. The second-order valence-electron chi connectivity index (χ2n) is 6.74. The van der Waals surface area contributed by atoms with Gasteiger partial charge in [-0.2, -0.15) is 0 Å². The molecule has 8 heteroatoms. The van der Waals surface area contributed by atoms with Crippen LogP contribution in [0.3, 0.4) is 0 Å². The molecule has 1 fully saturated rings. The monoisotopic (exact) mass is 392 g/mol. The fraction of sp³-hybridized carbons (Fsp3) is 0.550. The van der Waals surface area contributed by atoms with E-state index in [1.807, 2.05) is 0 Å². The van der Waals surface area contributed by atoms with Crippen LogP contribution in [0, 0.1) is 5.92 Å². The quantitative estimate of drug-likeness (QED) is 0.676. The van der Waals surface area contributed by atoms with Gasteiger partial charge in [-0.15, -0.1) is 0 Å². The average Bonchev–Trinajstić information content (AvgIpc) is 2.75. The smallest absolute Gasteiger partial charge is 0.306 e. The van der Waals surface area contributed by atoms with Crippen molar-refractivity contribution in [1.82, 2.24) is 10.2 Å². The fourth-order valence-electron chi connectivity index (χ4n) is 3.21. The number of benzene rings is 1. The lowest BCUT2D eigenvalue weighted by molar-refractivity contribution is -0.144. The first-order valence-corrected chi connectivity index (χ1v) is 9.32. The molecule has 1 saturated heterocycles. The standard InChI is InChI=1S/C20H28N2O6/c1-26-16-9-15(10-17(11-16)27-2)20(25)21-12-14-5-4-8-22(13-14)18(23)6-7-19(24)28-3/h9-11,14H,4-8,12-13H2,1-3H3,(H,21,25)/t14-/m0/s1. The number of amides is 2. The van der Waals surface area contributed by atoms with Crippen LogP contribution in [0.1, 0.15) is 36.0 Å². The van der Waals surface area contributed by atoms with Crippen LogP contribution in [0.15, 0.2) is 18.2 Å². The second kappa shape index (κ2) is 10.5. The minimum Gasteiger partial charge on any atom is -0.497 e. The number of carbonyl (C=O) groups is 3. The molecule has 1 aliphatic rings. The summed E-state index contributed by atoms with van der Waals surface area (Å²) < 4.78 is 15.0. The molecule has 8 nitrogen and oxygen atoms in total. The summed E-state index contributed by atoms with van der Waals surface area (Å²) in [5.74, 6) is 0.606. The first-order valence-electron chi connectivity index (χ1n) is 9.32. The maximum absolute atomic E-state index is 12.5. The zero-order chi connectivity index (χ0) is 20.5. The van der Waals surface area contributed by atoms with Crippen LogP contribution in [-0.2, 0) is 14.3 Å². The van der Waals surface area contributed by atoms with Crippen molar-refractivity contribution in [1.29, 1.82) is 0 Å². The van der Waals surface area contributed by atoms with Crippen molar-refractivity contribution in [3.8, 4) is 11.5 Å². The molecular formula is C20H28N2O6. The van der Waals surface area contributed by atoms with Gasteiger partial charge in [-0.25, -0.2) is 0 Å². The Morgan fingerprint density at radius 1 is 1.07 bits per heavy atom. The molecule has 1 aromatic carbocycles. The molecule has 0 spiro atoms. The van der Waals surface area contributed by atoms with E-state index in [0.717, 1.165) is 12.8 Å². The number of piperidine rings is 1. The van der Waals surface area contributed by atoms with E-state index >= 15 is 0 Å². The van der Waals surface area contributed by atoms with E-state index in [9.17, 15) is 14.4 Å². The van der Waals surface area contributed by atoms with Crippen molar-refractivity contribution < 1.29 is 28.6 Å². The van der Waals surface area contributed by atoms with Crippen molar-refractivity contribution >= 4 is 17.8 Å². The summed E-state index contributed by atoms with van der Waals surface area (Å²) in [6.07, 6.45) is 2.04. The third kappa shape index (κ3) is 6.14. The van der Waals surface area contributed by atoms with Crippen molar-refractivity contribution in [2.24, 2.45) is 5.92 Å². The molecule has 1 heterocycles. The molecular weight excluding hydrogens is 364 g/mol.